The van der Waals surface area contributed by atoms with Crippen molar-refractivity contribution in [2.24, 2.45) is 5.92 Å². The number of likely N-dealkylation sites (tertiary alicyclic amines) is 1. The van der Waals surface area contributed by atoms with Crippen molar-refractivity contribution in [1.82, 2.24) is 10.2 Å². The van der Waals surface area contributed by atoms with Gasteiger partial charge in [-0.05, 0) is 57.5 Å². The van der Waals surface area contributed by atoms with E-state index in [1.54, 1.807) is 0 Å². The van der Waals surface area contributed by atoms with Crippen LogP contribution in [0.2, 0.25) is 0 Å². The molecule has 1 aliphatic heterocycles. The van der Waals surface area contributed by atoms with Crippen LogP contribution >= 0.6 is 0 Å². The molecule has 1 aliphatic carbocycles. The van der Waals surface area contributed by atoms with Gasteiger partial charge in [-0.15, -0.1) is 0 Å². The highest BCUT2D eigenvalue weighted by molar-refractivity contribution is 4.88. The first-order chi connectivity index (χ1) is 8.85. The predicted octanol–water partition coefficient (Wildman–Crippen LogP) is 2.00. The molecule has 2 fully saturated rings. The largest absolute Gasteiger partial charge is 0.396 e. The van der Waals surface area contributed by atoms with Gasteiger partial charge in [0.15, 0.2) is 0 Å². The molecular weight excluding hydrogens is 224 g/mol. The molecule has 0 amide bonds. The van der Waals surface area contributed by atoms with Crippen LogP contribution in [0.5, 0.6) is 0 Å². The van der Waals surface area contributed by atoms with E-state index in [-0.39, 0.29) is 0 Å². The van der Waals surface area contributed by atoms with Crippen LogP contribution in [0.4, 0.5) is 0 Å². The summed E-state index contributed by atoms with van der Waals surface area (Å²) < 4.78 is 0. The molecule has 2 atom stereocenters. The highest BCUT2D eigenvalue weighted by Gasteiger charge is 2.32. The number of rotatable bonds is 7. The number of nitrogens with one attached hydrogen (secondary N) is 1. The first-order valence-corrected chi connectivity index (χ1v) is 7.93. The van der Waals surface area contributed by atoms with E-state index >= 15 is 0 Å². The van der Waals surface area contributed by atoms with E-state index in [1.807, 2.05) is 0 Å². The number of aliphatic hydroxyl groups excluding tert-OH is 1. The molecule has 0 aromatic heterocycles. The Hall–Kier alpha value is -0.120. The minimum Gasteiger partial charge on any atom is -0.396 e. The van der Waals surface area contributed by atoms with E-state index in [4.69, 9.17) is 5.11 Å². The molecule has 1 heterocycles. The van der Waals surface area contributed by atoms with Crippen LogP contribution in [0.1, 0.15) is 51.9 Å². The van der Waals surface area contributed by atoms with Gasteiger partial charge in [-0.2, -0.15) is 0 Å². The Labute approximate surface area is 112 Å². The zero-order valence-corrected chi connectivity index (χ0v) is 11.9. The molecule has 0 bridgehead atoms. The maximum atomic E-state index is 8.84. The average Bonchev–Trinajstić information content (AvgIpc) is 2.34. The van der Waals surface area contributed by atoms with E-state index in [9.17, 15) is 0 Å². The molecule has 3 nitrogen and oxygen atoms in total. The molecule has 2 aliphatic rings. The molecule has 1 saturated heterocycles. The summed E-state index contributed by atoms with van der Waals surface area (Å²) in [5.74, 6) is 0.978. The Kier molecular flexibility index (Phi) is 5.93. The third kappa shape index (κ3) is 3.69. The third-order valence-corrected chi connectivity index (χ3v) is 4.80. The molecule has 3 heteroatoms. The van der Waals surface area contributed by atoms with Gasteiger partial charge >= 0.3 is 0 Å². The first kappa shape index (κ1) is 14.3. The van der Waals surface area contributed by atoms with Gasteiger partial charge in [0.25, 0.3) is 0 Å². The first-order valence-electron chi connectivity index (χ1n) is 7.93. The highest BCUT2D eigenvalue weighted by atomic mass is 16.3. The van der Waals surface area contributed by atoms with Crippen molar-refractivity contribution in [2.45, 2.75) is 64.0 Å². The molecule has 2 N–H and O–H groups in total. The number of nitrogens with zero attached hydrogens (tertiary/aromatic N) is 1. The molecule has 0 aromatic rings. The Morgan fingerprint density at radius 3 is 2.72 bits per heavy atom. The molecule has 2 unspecified atom stereocenters. The van der Waals surface area contributed by atoms with Gasteiger partial charge in [0, 0.05) is 25.2 Å². The van der Waals surface area contributed by atoms with Gasteiger partial charge in [-0.1, -0.05) is 13.3 Å². The second kappa shape index (κ2) is 7.46. The monoisotopic (exact) mass is 254 g/mol. The topological polar surface area (TPSA) is 35.5 Å². The second-order valence-corrected chi connectivity index (χ2v) is 6.03. The van der Waals surface area contributed by atoms with Crippen molar-refractivity contribution in [3.8, 4) is 0 Å². The number of hydrogen-bond donors (Lipinski definition) is 2. The van der Waals surface area contributed by atoms with Crippen LogP contribution in [0, 0.1) is 5.92 Å². The predicted molar refractivity (Wildman–Crippen MR) is 75.7 cm³/mol. The Balaban J connectivity index is 1.77. The van der Waals surface area contributed by atoms with Crippen molar-refractivity contribution in [1.29, 1.82) is 0 Å². The quantitative estimate of drug-likeness (QED) is 0.682. The summed E-state index contributed by atoms with van der Waals surface area (Å²) in [5, 5.41) is 12.4. The van der Waals surface area contributed by atoms with Crippen molar-refractivity contribution in [2.75, 3.05) is 26.2 Å². The van der Waals surface area contributed by atoms with E-state index in [0.29, 0.717) is 12.6 Å². The fourth-order valence-electron chi connectivity index (χ4n) is 3.57. The SMILES string of the molecule is CCC(C1CCC1)N1CCCC(NCCCO)C1. The third-order valence-electron chi connectivity index (χ3n) is 4.80. The summed E-state index contributed by atoms with van der Waals surface area (Å²) in [6, 6.07) is 1.49. The summed E-state index contributed by atoms with van der Waals surface area (Å²) in [6.07, 6.45) is 9.20. The Morgan fingerprint density at radius 1 is 1.28 bits per heavy atom. The Bertz CT molecular complexity index is 231. The summed E-state index contributed by atoms with van der Waals surface area (Å²) in [6.45, 7) is 6.15. The smallest absolute Gasteiger partial charge is 0.0443 e. The van der Waals surface area contributed by atoms with Crippen molar-refractivity contribution in [3.63, 3.8) is 0 Å². The zero-order valence-electron chi connectivity index (χ0n) is 11.9. The maximum absolute atomic E-state index is 8.84. The lowest BCUT2D eigenvalue weighted by atomic mass is 9.77. The van der Waals surface area contributed by atoms with Crippen molar-refractivity contribution in [3.05, 3.63) is 0 Å². The average molecular weight is 254 g/mol. The number of hydrogen-bond acceptors (Lipinski definition) is 3. The van der Waals surface area contributed by atoms with Crippen LogP contribution in [-0.4, -0.2) is 48.3 Å². The molecule has 18 heavy (non-hydrogen) atoms. The molecule has 1 saturated carbocycles. The highest BCUT2D eigenvalue weighted by Crippen LogP contribution is 2.34. The molecule has 0 spiro atoms. The van der Waals surface area contributed by atoms with Gasteiger partial charge in [-0.3, -0.25) is 4.90 Å². The number of aliphatic hydroxyl groups is 1. The lowest BCUT2D eigenvalue weighted by molar-refractivity contribution is 0.0626. The standard InChI is InChI=1S/C15H30N2O/c1-2-15(13-6-3-7-13)17-10-4-8-14(12-17)16-9-5-11-18/h13-16,18H,2-12H2,1H3. The molecule has 0 aromatic carbocycles. The van der Waals surface area contributed by atoms with Crippen LogP contribution < -0.4 is 5.32 Å². The summed E-state index contributed by atoms with van der Waals surface area (Å²) in [7, 11) is 0. The lowest BCUT2D eigenvalue weighted by Crippen LogP contribution is -2.52. The molecule has 0 radical (unpaired) electrons. The summed E-state index contributed by atoms with van der Waals surface area (Å²) >= 11 is 0. The van der Waals surface area contributed by atoms with E-state index in [1.165, 1.54) is 51.6 Å². The minimum absolute atomic E-state index is 0.309. The van der Waals surface area contributed by atoms with Gasteiger partial charge in [0.2, 0.25) is 0 Å². The van der Waals surface area contributed by atoms with Crippen LogP contribution in [0.3, 0.4) is 0 Å². The van der Waals surface area contributed by atoms with Crippen molar-refractivity contribution < 1.29 is 5.11 Å². The Morgan fingerprint density at radius 2 is 2.11 bits per heavy atom. The lowest BCUT2D eigenvalue weighted by Gasteiger charge is -2.44. The van der Waals surface area contributed by atoms with Crippen molar-refractivity contribution >= 4 is 0 Å². The molecule has 2 rings (SSSR count). The van der Waals surface area contributed by atoms with Crippen LogP contribution in [-0.2, 0) is 0 Å². The fourth-order valence-corrected chi connectivity index (χ4v) is 3.57. The number of piperidine rings is 1. The van der Waals surface area contributed by atoms with Gasteiger partial charge in [-0.25, -0.2) is 0 Å². The van der Waals surface area contributed by atoms with Gasteiger partial charge in [0.1, 0.15) is 0 Å². The zero-order chi connectivity index (χ0) is 12.8. The summed E-state index contributed by atoms with van der Waals surface area (Å²) in [4.78, 5) is 2.74. The molecular formula is C15H30N2O. The molecule has 106 valence electrons. The van der Waals surface area contributed by atoms with Crippen LogP contribution in [0.15, 0.2) is 0 Å². The van der Waals surface area contributed by atoms with Gasteiger partial charge in [0.05, 0.1) is 0 Å². The summed E-state index contributed by atoms with van der Waals surface area (Å²) in [5.41, 5.74) is 0. The van der Waals surface area contributed by atoms with E-state index in [2.05, 4.69) is 17.1 Å². The second-order valence-electron chi connectivity index (χ2n) is 6.03. The van der Waals surface area contributed by atoms with E-state index < -0.39 is 0 Å². The van der Waals surface area contributed by atoms with Crippen LogP contribution in [0.25, 0.3) is 0 Å². The van der Waals surface area contributed by atoms with E-state index in [0.717, 1.165) is 24.9 Å². The minimum atomic E-state index is 0.309. The maximum Gasteiger partial charge on any atom is 0.0443 e. The fraction of sp³-hybridized carbons (Fsp3) is 1.00. The normalized spacial score (nSPS) is 28.0. The van der Waals surface area contributed by atoms with Gasteiger partial charge < -0.3 is 10.4 Å².